The van der Waals surface area contributed by atoms with Gasteiger partial charge in [-0.1, -0.05) is 0 Å². The van der Waals surface area contributed by atoms with Crippen molar-refractivity contribution in [2.24, 2.45) is 0 Å². The Morgan fingerprint density at radius 2 is 2.25 bits per heavy atom. The van der Waals surface area contributed by atoms with Crippen LogP contribution in [-0.2, 0) is 9.53 Å². The van der Waals surface area contributed by atoms with Crippen LogP contribution in [0.2, 0.25) is 0 Å². The van der Waals surface area contributed by atoms with Gasteiger partial charge in [-0.05, 0) is 12.8 Å². The molecule has 2 heterocycles. The normalized spacial score (nSPS) is 30.4. The summed E-state index contributed by atoms with van der Waals surface area (Å²) < 4.78 is 5.23. The highest BCUT2D eigenvalue weighted by molar-refractivity contribution is 5.82. The highest BCUT2D eigenvalue weighted by atomic mass is 16.5. The monoisotopic (exact) mass is 171 g/mol. The molecule has 1 amide bonds. The van der Waals surface area contributed by atoms with Crippen molar-refractivity contribution in [3.8, 4) is 0 Å². The Hall–Kier alpha value is -0.610. The largest absolute Gasteiger partial charge is 0.389 e. The summed E-state index contributed by atoms with van der Waals surface area (Å²) in [4.78, 5) is 13.1. The van der Waals surface area contributed by atoms with E-state index in [1.807, 2.05) is 0 Å². The molecule has 12 heavy (non-hydrogen) atoms. The molecule has 4 heteroatoms. The highest BCUT2D eigenvalue weighted by Gasteiger charge is 2.35. The number of nitrogens with zero attached hydrogens (tertiary/aromatic N) is 1. The molecule has 2 fully saturated rings. The number of hydrogen-bond acceptors (Lipinski definition) is 3. The second-order valence-corrected chi connectivity index (χ2v) is 3.40. The summed E-state index contributed by atoms with van der Waals surface area (Å²) in [6.07, 6.45) is 1.28. The third kappa shape index (κ3) is 1.32. The third-order valence-corrected chi connectivity index (χ3v) is 2.38. The standard InChI is InChI=1S/C8H13NO3/c10-6-4-9(5-6)8(11)7-2-1-3-12-7/h6-7,10H,1-5H2/t7-/m0/s1. The van der Waals surface area contributed by atoms with Gasteiger partial charge in [0.2, 0.25) is 0 Å². The molecule has 2 saturated heterocycles. The fourth-order valence-electron chi connectivity index (χ4n) is 1.61. The molecular formula is C8H13NO3. The Morgan fingerprint density at radius 1 is 1.50 bits per heavy atom. The molecule has 0 unspecified atom stereocenters. The van der Waals surface area contributed by atoms with E-state index in [-0.39, 0.29) is 18.1 Å². The predicted molar refractivity (Wildman–Crippen MR) is 41.6 cm³/mol. The van der Waals surface area contributed by atoms with E-state index in [0.29, 0.717) is 19.7 Å². The topological polar surface area (TPSA) is 49.8 Å². The Kier molecular flexibility index (Phi) is 2.02. The van der Waals surface area contributed by atoms with Gasteiger partial charge in [0.25, 0.3) is 5.91 Å². The SMILES string of the molecule is O=C([C@@H]1CCCO1)N1CC(O)C1. The number of carbonyl (C=O) groups is 1. The molecule has 2 rings (SSSR count). The average Bonchev–Trinajstić information content (AvgIpc) is 2.49. The molecule has 0 aromatic carbocycles. The summed E-state index contributed by atoms with van der Waals surface area (Å²) >= 11 is 0. The second-order valence-electron chi connectivity index (χ2n) is 3.40. The van der Waals surface area contributed by atoms with Crippen molar-refractivity contribution in [3.05, 3.63) is 0 Å². The Balaban J connectivity index is 1.83. The zero-order chi connectivity index (χ0) is 8.55. The number of ether oxygens (including phenoxy) is 1. The van der Waals surface area contributed by atoms with Gasteiger partial charge in [-0.15, -0.1) is 0 Å². The van der Waals surface area contributed by atoms with E-state index < -0.39 is 0 Å². The van der Waals surface area contributed by atoms with Crippen molar-refractivity contribution in [3.63, 3.8) is 0 Å². The minimum Gasteiger partial charge on any atom is -0.389 e. The number of rotatable bonds is 1. The number of β-amino-alcohol motifs (C(OH)–C–C–N with tert-alkyl or cyclic N) is 1. The van der Waals surface area contributed by atoms with Crippen LogP contribution in [0.15, 0.2) is 0 Å². The van der Waals surface area contributed by atoms with Gasteiger partial charge in [-0.3, -0.25) is 4.79 Å². The quantitative estimate of drug-likeness (QED) is 0.571. The first kappa shape index (κ1) is 8.01. The van der Waals surface area contributed by atoms with Gasteiger partial charge in [0.05, 0.1) is 6.10 Å². The van der Waals surface area contributed by atoms with Gasteiger partial charge in [0, 0.05) is 19.7 Å². The summed E-state index contributed by atoms with van der Waals surface area (Å²) in [5.41, 5.74) is 0. The number of carbonyl (C=O) groups excluding carboxylic acids is 1. The number of aliphatic hydroxyl groups excluding tert-OH is 1. The van der Waals surface area contributed by atoms with Crippen LogP contribution in [-0.4, -0.2) is 47.8 Å². The fourth-order valence-corrected chi connectivity index (χ4v) is 1.61. The zero-order valence-corrected chi connectivity index (χ0v) is 6.90. The van der Waals surface area contributed by atoms with E-state index in [4.69, 9.17) is 9.84 Å². The lowest BCUT2D eigenvalue weighted by Gasteiger charge is -2.37. The van der Waals surface area contributed by atoms with Crippen LogP contribution >= 0.6 is 0 Å². The maximum atomic E-state index is 11.5. The maximum absolute atomic E-state index is 11.5. The average molecular weight is 171 g/mol. The summed E-state index contributed by atoms with van der Waals surface area (Å²) in [6.45, 7) is 1.67. The van der Waals surface area contributed by atoms with Gasteiger partial charge >= 0.3 is 0 Å². The van der Waals surface area contributed by atoms with Crippen LogP contribution in [0.4, 0.5) is 0 Å². The molecule has 0 saturated carbocycles. The van der Waals surface area contributed by atoms with E-state index in [0.717, 1.165) is 12.8 Å². The van der Waals surface area contributed by atoms with Gasteiger partial charge in [0.15, 0.2) is 0 Å². The summed E-state index contributed by atoms with van der Waals surface area (Å²) in [7, 11) is 0. The molecule has 2 aliphatic heterocycles. The van der Waals surface area contributed by atoms with Crippen LogP contribution in [0.5, 0.6) is 0 Å². The Bertz CT molecular complexity index is 183. The molecule has 0 aliphatic carbocycles. The molecule has 68 valence electrons. The molecular weight excluding hydrogens is 158 g/mol. The van der Waals surface area contributed by atoms with Gasteiger partial charge < -0.3 is 14.7 Å². The first-order valence-corrected chi connectivity index (χ1v) is 4.36. The first-order valence-electron chi connectivity index (χ1n) is 4.36. The first-order chi connectivity index (χ1) is 5.77. The van der Waals surface area contributed by atoms with Crippen molar-refractivity contribution in [1.82, 2.24) is 4.90 Å². The maximum Gasteiger partial charge on any atom is 0.251 e. The summed E-state index contributed by atoms with van der Waals surface area (Å²) in [6, 6.07) is 0. The lowest BCUT2D eigenvalue weighted by atomic mass is 10.1. The zero-order valence-electron chi connectivity index (χ0n) is 6.90. The molecule has 0 spiro atoms. The number of likely N-dealkylation sites (tertiary alicyclic amines) is 1. The van der Waals surface area contributed by atoms with Crippen LogP contribution in [0.25, 0.3) is 0 Å². The predicted octanol–water partition coefficient (Wildman–Crippen LogP) is -0.631. The molecule has 1 atom stereocenters. The fraction of sp³-hybridized carbons (Fsp3) is 0.875. The minimum absolute atomic E-state index is 0.0535. The van der Waals surface area contributed by atoms with Gasteiger partial charge in [0.1, 0.15) is 6.10 Å². The van der Waals surface area contributed by atoms with E-state index in [1.54, 1.807) is 4.90 Å². The van der Waals surface area contributed by atoms with E-state index in [1.165, 1.54) is 0 Å². The van der Waals surface area contributed by atoms with E-state index >= 15 is 0 Å². The number of hydrogen-bond donors (Lipinski definition) is 1. The highest BCUT2D eigenvalue weighted by Crippen LogP contribution is 2.18. The Morgan fingerprint density at radius 3 is 2.75 bits per heavy atom. The van der Waals surface area contributed by atoms with Crippen LogP contribution in [0.1, 0.15) is 12.8 Å². The molecule has 0 radical (unpaired) electrons. The van der Waals surface area contributed by atoms with Crippen molar-refractivity contribution in [1.29, 1.82) is 0 Å². The van der Waals surface area contributed by atoms with Crippen LogP contribution in [0.3, 0.4) is 0 Å². The number of amides is 1. The molecule has 0 bridgehead atoms. The third-order valence-electron chi connectivity index (χ3n) is 2.38. The molecule has 0 aromatic heterocycles. The van der Waals surface area contributed by atoms with Crippen LogP contribution < -0.4 is 0 Å². The second kappa shape index (κ2) is 3.03. The lowest BCUT2D eigenvalue weighted by Crippen LogP contribution is -2.56. The molecule has 0 aromatic rings. The summed E-state index contributed by atoms with van der Waals surface area (Å²) in [5.74, 6) is 0.0535. The van der Waals surface area contributed by atoms with Crippen molar-refractivity contribution in [2.45, 2.75) is 25.0 Å². The number of aliphatic hydroxyl groups is 1. The van der Waals surface area contributed by atoms with Crippen molar-refractivity contribution < 1.29 is 14.6 Å². The Labute approximate surface area is 71.1 Å². The van der Waals surface area contributed by atoms with Crippen molar-refractivity contribution in [2.75, 3.05) is 19.7 Å². The smallest absolute Gasteiger partial charge is 0.251 e. The molecule has 2 aliphatic rings. The van der Waals surface area contributed by atoms with Gasteiger partial charge in [-0.25, -0.2) is 0 Å². The van der Waals surface area contributed by atoms with Gasteiger partial charge in [-0.2, -0.15) is 0 Å². The lowest BCUT2D eigenvalue weighted by molar-refractivity contribution is -0.151. The molecule has 1 N–H and O–H groups in total. The molecule has 4 nitrogen and oxygen atoms in total. The van der Waals surface area contributed by atoms with E-state index in [9.17, 15) is 4.79 Å². The van der Waals surface area contributed by atoms with Crippen LogP contribution in [0, 0.1) is 0 Å². The minimum atomic E-state index is -0.310. The van der Waals surface area contributed by atoms with E-state index in [2.05, 4.69) is 0 Å². The summed E-state index contributed by atoms with van der Waals surface area (Å²) in [5, 5.41) is 8.98. The van der Waals surface area contributed by atoms with Crippen molar-refractivity contribution >= 4 is 5.91 Å².